The van der Waals surface area contributed by atoms with Crippen molar-refractivity contribution in [1.29, 1.82) is 0 Å². The summed E-state index contributed by atoms with van der Waals surface area (Å²) in [6.45, 7) is 0.562. The van der Waals surface area contributed by atoms with Gasteiger partial charge in [0.05, 0.1) is 39.5 Å². The lowest BCUT2D eigenvalue weighted by Gasteiger charge is -2.15. The molecular weight excluding hydrogens is 516 g/mol. The first-order chi connectivity index (χ1) is 20.1. The van der Waals surface area contributed by atoms with Crippen LogP contribution in [0.15, 0.2) is 91.0 Å². The Labute approximate surface area is 238 Å². The second-order valence-corrected chi connectivity index (χ2v) is 9.40. The lowest BCUT2D eigenvalue weighted by atomic mass is 10.1. The Hall–Kier alpha value is -5.24. The highest BCUT2D eigenvalue weighted by atomic mass is 16.5. The molecule has 0 atom stereocenters. The molecule has 206 valence electrons. The molecule has 0 aliphatic carbocycles. The van der Waals surface area contributed by atoms with Gasteiger partial charge < -0.3 is 24.3 Å². The Morgan fingerprint density at radius 1 is 0.659 bits per heavy atom. The summed E-state index contributed by atoms with van der Waals surface area (Å²) >= 11 is 0. The van der Waals surface area contributed by atoms with Crippen molar-refractivity contribution in [2.24, 2.45) is 0 Å². The normalized spacial score (nSPS) is 11.0. The lowest BCUT2D eigenvalue weighted by Crippen LogP contribution is -2.05. The van der Waals surface area contributed by atoms with Crippen molar-refractivity contribution < 1.29 is 18.9 Å². The third kappa shape index (κ3) is 4.74. The summed E-state index contributed by atoms with van der Waals surface area (Å²) in [4.78, 5) is 10.3. The first-order valence-electron chi connectivity index (χ1n) is 13.2. The molecule has 41 heavy (non-hydrogen) atoms. The summed E-state index contributed by atoms with van der Waals surface area (Å²) < 4.78 is 24.4. The molecule has 2 heterocycles. The number of hydrogen-bond acceptors (Lipinski definition) is 7. The molecule has 6 rings (SSSR count). The molecule has 1 N–H and O–H groups in total. The average Bonchev–Trinajstić information content (AvgIpc) is 3.43. The summed E-state index contributed by atoms with van der Waals surface area (Å²) in [7, 11) is 6.48. The molecule has 8 heteroatoms. The van der Waals surface area contributed by atoms with E-state index in [4.69, 9.17) is 28.9 Å². The number of nitrogens with zero attached hydrogens (tertiary/aromatic N) is 3. The quantitative estimate of drug-likeness (QED) is 0.212. The monoisotopic (exact) mass is 546 g/mol. The van der Waals surface area contributed by atoms with Crippen LogP contribution in [0.3, 0.4) is 0 Å². The van der Waals surface area contributed by atoms with E-state index in [1.807, 2.05) is 72.8 Å². The molecule has 0 saturated carbocycles. The number of fused-ring (bicyclic) bond motifs is 3. The first kappa shape index (κ1) is 26.0. The van der Waals surface area contributed by atoms with Gasteiger partial charge in [-0.25, -0.2) is 9.97 Å². The Kier molecular flexibility index (Phi) is 7.04. The molecule has 4 aromatic carbocycles. The maximum absolute atomic E-state index is 5.69. The van der Waals surface area contributed by atoms with Gasteiger partial charge in [0.25, 0.3) is 0 Å². The maximum atomic E-state index is 5.69. The van der Waals surface area contributed by atoms with Crippen molar-refractivity contribution in [3.8, 4) is 45.5 Å². The van der Waals surface area contributed by atoms with Crippen molar-refractivity contribution in [3.05, 3.63) is 96.6 Å². The van der Waals surface area contributed by atoms with Crippen LogP contribution in [0.2, 0.25) is 0 Å². The standard InChI is InChI=1S/C33H30N4O4/c1-38-24-16-14-21(15-17-24)20-34-32-30(23-18-27(39-2)31(41-4)28(19-23)40-3)36-33-29(22-10-6-5-7-11-22)35-25-12-8-9-13-26(25)37(32)33/h5-19,34H,20H2,1-4H3. The predicted octanol–water partition coefficient (Wildman–Crippen LogP) is 6.86. The number of benzene rings is 4. The van der Waals surface area contributed by atoms with Crippen LogP contribution in [-0.2, 0) is 6.54 Å². The van der Waals surface area contributed by atoms with Crippen molar-refractivity contribution in [2.45, 2.75) is 6.54 Å². The number of ether oxygens (including phenoxy) is 4. The number of para-hydroxylation sites is 2. The molecular formula is C33H30N4O4. The van der Waals surface area contributed by atoms with E-state index in [-0.39, 0.29) is 0 Å². The van der Waals surface area contributed by atoms with Gasteiger partial charge in [0, 0.05) is 17.7 Å². The molecule has 8 nitrogen and oxygen atoms in total. The number of nitrogens with one attached hydrogen (secondary N) is 1. The third-order valence-corrected chi connectivity index (χ3v) is 7.05. The van der Waals surface area contributed by atoms with Gasteiger partial charge in [-0.15, -0.1) is 0 Å². The fourth-order valence-corrected chi connectivity index (χ4v) is 5.03. The largest absolute Gasteiger partial charge is 0.497 e. The highest BCUT2D eigenvalue weighted by molar-refractivity contribution is 5.92. The van der Waals surface area contributed by atoms with Crippen LogP contribution in [0.25, 0.3) is 39.2 Å². The van der Waals surface area contributed by atoms with Crippen LogP contribution in [0, 0.1) is 0 Å². The third-order valence-electron chi connectivity index (χ3n) is 7.05. The molecule has 0 unspecified atom stereocenters. The van der Waals surface area contributed by atoms with E-state index in [9.17, 15) is 0 Å². The van der Waals surface area contributed by atoms with Gasteiger partial charge >= 0.3 is 0 Å². The zero-order valence-corrected chi connectivity index (χ0v) is 23.3. The molecule has 0 bridgehead atoms. The topological polar surface area (TPSA) is 79.1 Å². The number of imidazole rings is 1. The molecule has 0 aliphatic rings. The molecule has 0 fully saturated rings. The van der Waals surface area contributed by atoms with Crippen molar-refractivity contribution in [1.82, 2.24) is 14.4 Å². The Morgan fingerprint density at radius 2 is 1.34 bits per heavy atom. The molecule has 0 saturated heterocycles. The van der Waals surface area contributed by atoms with Crippen molar-refractivity contribution >= 4 is 22.5 Å². The van der Waals surface area contributed by atoms with Gasteiger partial charge in [-0.2, -0.15) is 0 Å². The van der Waals surface area contributed by atoms with Crippen LogP contribution in [0.5, 0.6) is 23.0 Å². The molecule has 0 radical (unpaired) electrons. The van der Waals surface area contributed by atoms with Crippen LogP contribution < -0.4 is 24.3 Å². The first-order valence-corrected chi connectivity index (χ1v) is 13.2. The van der Waals surface area contributed by atoms with Gasteiger partial charge in [0.15, 0.2) is 17.1 Å². The Morgan fingerprint density at radius 3 is 2.00 bits per heavy atom. The highest BCUT2D eigenvalue weighted by Gasteiger charge is 2.23. The van der Waals surface area contributed by atoms with E-state index >= 15 is 0 Å². The highest BCUT2D eigenvalue weighted by Crippen LogP contribution is 2.43. The zero-order valence-electron chi connectivity index (χ0n) is 23.3. The second-order valence-electron chi connectivity index (χ2n) is 9.40. The Balaban J connectivity index is 1.63. The molecule has 2 aromatic heterocycles. The van der Waals surface area contributed by atoms with Crippen LogP contribution in [-0.4, -0.2) is 42.8 Å². The minimum atomic E-state index is 0.521. The molecule has 0 amide bonds. The summed E-state index contributed by atoms with van der Waals surface area (Å²) in [6.07, 6.45) is 0. The van der Waals surface area contributed by atoms with Gasteiger partial charge in [-0.3, -0.25) is 4.40 Å². The number of rotatable bonds is 9. The van der Waals surface area contributed by atoms with Gasteiger partial charge in [0.2, 0.25) is 5.75 Å². The Bertz CT molecular complexity index is 1810. The van der Waals surface area contributed by atoms with E-state index in [0.29, 0.717) is 23.8 Å². The summed E-state index contributed by atoms with van der Waals surface area (Å²) in [5.74, 6) is 3.25. The SMILES string of the molecule is COc1ccc(CNc2c(-c3cc(OC)c(OC)c(OC)c3)nc3c(-c4ccccc4)nc4ccccc4n23)cc1. The summed E-state index contributed by atoms with van der Waals surface area (Å²) in [6, 6.07) is 30.0. The summed E-state index contributed by atoms with van der Waals surface area (Å²) in [5, 5.41) is 3.68. The number of methoxy groups -OCH3 is 4. The van der Waals surface area contributed by atoms with E-state index in [1.54, 1.807) is 28.4 Å². The fraction of sp³-hybridized carbons (Fsp3) is 0.152. The minimum Gasteiger partial charge on any atom is -0.497 e. The average molecular weight is 547 g/mol. The number of hydrogen-bond donors (Lipinski definition) is 1. The van der Waals surface area contributed by atoms with E-state index in [1.165, 1.54) is 0 Å². The smallest absolute Gasteiger partial charge is 0.203 e. The van der Waals surface area contributed by atoms with Gasteiger partial charge in [-0.1, -0.05) is 54.6 Å². The van der Waals surface area contributed by atoms with Crippen LogP contribution >= 0.6 is 0 Å². The van der Waals surface area contributed by atoms with E-state index in [2.05, 4.69) is 27.9 Å². The molecule has 6 aromatic rings. The second kappa shape index (κ2) is 11.1. The maximum Gasteiger partial charge on any atom is 0.203 e. The fourth-order valence-electron chi connectivity index (χ4n) is 5.03. The zero-order chi connectivity index (χ0) is 28.3. The van der Waals surface area contributed by atoms with Crippen molar-refractivity contribution in [3.63, 3.8) is 0 Å². The van der Waals surface area contributed by atoms with Crippen LogP contribution in [0.1, 0.15) is 5.56 Å². The van der Waals surface area contributed by atoms with Gasteiger partial charge in [-0.05, 0) is 42.0 Å². The van der Waals surface area contributed by atoms with E-state index < -0.39 is 0 Å². The summed E-state index contributed by atoms with van der Waals surface area (Å²) in [5.41, 5.74) is 6.93. The predicted molar refractivity (Wildman–Crippen MR) is 161 cm³/mol. The number of aromatic nitrogens is 3. The van der Waals surface area contributed by atoms with Crippen LogP contribution in [0.4, 0.5) is 5.82 Å². The molecule has 0 spiro atoms. The minimum absolute atomic E-state index is 0.521. The van der Waals surface area contributed by atoms with Gasteiger partial charge in [0.1, 0.15) is 23.0 Å². The number of anilines is 1. The molecule has 0 aliphatic heterocycles. The lowest BCUT2D eigenvalue weighted by molar-refractivity contribution is 0.324. The van der Waals surface area contributed by atoms with E-state index in [0.717, 1.165) is 56.3 Å². The van der Waals surface area contributed by atoms with Crippen molar-refractivity contribution in [2.75, 3.05) is 33.8 Å².